The molecule has 134 valence electrons. The summed E-state index contributed by atoms with van der Waals surface area (Å²) in [5.74, 6) is 0.917. The van der Waals surface area contributed by atoms with Crippen LogP contribution in [0.1, 0.15) is 24.1 Å². The van der Waals surface area contributed by atoms with Gasteiger partial charge in [-0.15, -0.1) is 0 Å². The Morgan fingerprint density at radius 1 is 0.923 bits per heavy atom. The fraction of sp³-hybridized carbons (Fsp3) is 0.158. The molecule has 1 atom stereocenters. The van der Waals surface area contributed by atoms with E-state index in [1.165, 1.54) is 12.1 Å². The van der Waals surface area contributed by atoms with Crippen molar-refractivity contribution >= 4 is 17.5 Å². The Balaban J connectivity index is 1.69. The quantitative estimate of drug-likeness (QED) is 0.640. The second kappa shape index (κ2) is 7.43. The molecule has 4 nitrogen and oxygen atoms in total. The molecule has 0 amide bonds. The van der Waals surface area contributed by atoms with E-state index in [2.05, 4.69) is 20.6 Å². The van der Waals surface area contributed by atoms with E-state index in [9.17, 15) is 13.2 Å². The zero-order chi connectivity index (χ0) is 18.6. The monoisotopic (exact) mass is 358 g/mol. The van der Waals surface area contributed by atoms with Crippen molar-refractivity contribution in [3.05, 3.63) is 78.0 Å². The molecule has 26 heavy (non-hydrogen) atoms. The highest BCUT2D eigenvalue weighted by atomic mass is 19.4. The highest BCUT2D eigenvalue weighted by Gasteiger charge is 2.29. The molecule has 2 N–H and O–H groups in total. The third-order valence-corrected chi connectivity index (χ3v) is 3.79. The Morgan fingerprint density at radius 2 is 1.62 bits per heavy atom. The smallest absolute Gasteiger partial charge is 0.363 e. The van der Waals surface area contributed by atoms with Crippen molar-refractivity contribution in [1.29, 1.82) is 0 Å². The van der Waals surface area contributed by atoms with Gasteiger partial charge in [0, 0.05) is 17.9 Å². The van der Waals surface area contributed by atoms with Gasteiger partial charge in [-0.05, 0) is 42.8 Å². The Hall–Kier alpha value is -3.09. The van der Waals surface area contributed by atoms with Gasteiger partial charge in [-0.1, -0.05) is 30.3 Å². The first-order chi connectivity index (χ1) is 12.4. The molecule has 0 bridgehead atoms. The summed E-state index contributed by atoms with van der Waals surface area (Å²) in [6.45, 7) is 2.01. The zero-order valence-electron chi connectivity index (χ0n) is 14.0. The van der Waals surface area contributed by atoms with Crippen LogP contribution in [0.4, 0.5) is 30.6 Å². The summed E-state index contributed by atoms with van der Waals surface area (Å²) >= 11 is 0. The first-order valence-corrected chi connectivity index (χ1v) is 8.00. The summed E-state index contributed by atoms with van der Waals surface area (Å²) in [6, 6.07) is 16.4. The van der Waals surface area contributed by atoms with Crippen molar-refractivity contribution < 1.29 is 13.2 Å². The minimum Gasteiger partial charge on any atom is -0.363 e. The average Bonchev–Trinajstić information content (AvgIpc) is 2.62. The number of rotatable bonds is 5. The minimum atomic E-state index is -4.35. The van der Waals surface area contributed by atoms with Gasteiger partial charge in [0.15, 0.2) is 0 Å². The van der Waals surface area contributed by atoms with Crippen LogP contribution < -0.4 is 10.6 Å². The molecule has 3 aromatic rings. The summed E-state index contributed by atoms with van der Waals surface area (Å²) in [6.07, 6.45) is -2.77. The maximum Gasteiger partial charge on any atom is 0.416 e. The molecule has 2 aromatic carbocycles. The molecule has 1 unspecified atom stereocenters. The van der Waals surface area contributed by atoms with E-state index >= 15 is 0 Å². The number of halogens is 3. The van der Waals surface area contributed by atoms with E-state index < -0.39 is 11.7 Å². The molecule has 0 fully saturated rings. The number of anilines is 3. The molecule has 3 rings (SSSR count). The van der Waals surface area contributed by atoms with Crippen LogP contribution in [-0.4, -0.2) is 9.97 Å². The van der Waals surface area contributed by atoms with Gasteiger partial charge in [-0.25, -0.2) is 4.98 Å². The highest BCUT2D eigenvalue weighted by molar-refractivity contribution is 5.55. The van der Waals surface area contributed by atoms with Crippen LogP contribution in [-0.2, 0) is 6.18 Å². The van der Waals surface area contributed by atoms with Gasteiger partial charge >= 0.3 is 6.18 Å². The standard InChI is InChI=1S/C19H17F3N4/c1-13(14-5-3-2-4-6-14)24-17-11-12-23-18(26-17)25-16-9-7-15(8-10-16)19(20,21)22/h2-13H,1H3,(H2,23,24,25,26). The molecule has 0 saturated carbocycles. The number of nitrogens with zero attached hydrogens (tertiary/aromatic N) is 2. The van der Waals surface area contributed by atoms with Gasteiger partial charge in [0.05, 0.1) is 5.56 Å². The molecule has 0 aliphatic rings. The lowest BCUT2D eigenvalue weighted by molar-refractivity contribution is -0.137. The summed E-state index contributed by atoms with van der Waals surface area (Å²) in [4.78, 5) is 8.45. The van der Waals surface area contributed by atoms with Crippen molar-refractivity contribution in [2.24, 2.45) is 0 Å². The summed E-state index contributed by atoms with van der Waals surface area (Å²) in [5.41, 5.74) is 0.894. The molecule has 0 radical (unpaired) electrons. The number of benzene rings is 2. The molecular formula is C19H17F3N4. The lowest BCUT2D eigenvalue weighted by Gasteiger charge is -2.15. The van der Waals surface area contributed by atoms with Gasteiger partial charge in [0.1, 0.15) is 5.82 Å². The van der Waals surface area contributed by atoms with Crippen LogP contribution in [0, 0.1) is 0 Å². The molecule has 0 aliphatic carbocycles. The Morgan fingerprint density at radius 3 is 2.27 bits per heavy atom. The van der Waals surface area contributed by atoms with Crippen LogP contribution in [0.3, 0.4) is 0 Å². The van der Waals surface area contributed by atoms with Gasteiger partial charge in [-0.2, -0.15) is 18.2 Å². The fourth-order valence-corrected chi connectivity index (χ4v) is 2.42. The molecule has 0 aliphatic heterocycles. The lowest BCUT2D eigenvalue weighted by atomic mass is 10.1. The number of aromatic nitrogens is 2. The summed E-state index contributed by atoms with van der Waals surface area (Å²) in [5, 5.41) is 6.18. The molecule has 7 heteroatoms. The summed E-state index contributed by atoms with van der Waals surface area (Å²) in [7, 11) is 0. The van der Waals surface area contributed by atoms with E-state index in [1.807, 2.05) is 37.3 Å². The third-order valence-electron chi connectivity index (χ3n) is 3.79. The number of nitrogens with one attached hydrogen (secondary N) is 2. The maximum absolute atomic E-state index is 12.6. The Bertz CT molecular complexity index is 849. The lowest BCUT2D eigenvalue weighted by Crippen LogP contribution is -2.09. The average molecular weight is 358 g/mol. The van der Waals surface area contributed by atoms with Gasteiger partial charge in [0.2, 0.25) is 5.95 Å². The molecule has 0 spiro atoms. The second-order valence-electron chi connectivity index (χ2n) is 5.74. The predicted octanol–water partition coefficient (Wildman–Crippen LogP) is 5.41. The van der Waals surface area contributed by atoms with Crippen LogP contribution in [0.2, 0.25) is 0 Å². The normalized spacial score (nSPS) is 12.5. The Labute approximate surface area is 149 Å². The first kappa shape index (κ1) is 17.7. The zero-order valence-corrected chi connectivity index (χ0v) is 14.0. The van der Waals surface area contributed by atoms with Crippen LogP contribution >= 0.6 is 0 Å². The van der Waals surface area contributed by atoms with Gasteiger partial charge < -0.3 is 10.6 Å². The SMILES string of the molecule is CC(Nc1ccnc(Nc2ccc(C(F)(F)F)cc2)n1)c1ccccc1. The van der Waals surface area contributed by atoms with Gasteiger partial charge in [0.25, 0.3) is 0 Å². The van der Waals surface area contributed by atoms with E-state index in [0.29, 0.717) is 17.5 Å². The maximum atomic E-state index is 12.6. The molecular weight excluding hydrogens is 341 g/mol. The van der Waals surface area contributed by atoms with Crippen molar-refractivity contribution in [3.63, 3.8) is 0 Å². The van der Waals surface area contributed by atoms with Crippen molar-refractivity contribution in [2.45, 2.75) is 19.1 Å². The van der Waals surface area contributed by atoms with Crippen LogP contribution in [0.25, 0.3) is 0 Å². The highest BCUT2D eigenvalue weighted by Crippen LogP contribution is 2.30. The number of hydrogen-bond acceptors (Lipinski definition) is 4. The van der Waals surface area contributed by atoms with Crippen LogP contribution in [0.5, 0.6) is 0 Å². The largest absolute Gasteiger partial charge is 0.416 e. The fourth-order valence-electron chi connectivity index (χ4n) is 2.42. The van der Waals surface area contributed by atoms with E-state index in [4.69, 9.17) is 0 Å². The van der Waals surface area contributed by atoms with Crippen molar-refractivity contribution in [3.8, 4) is 0 Å². The topological polar surface area (TPSA) is 49.8 Å². The molecule has 1 aromatic heterocycles. The second-order valence-corrected chi connectivity index (χ2v) is 5.74. The minimum absolute atomic E-state index is 0.0463. The third kappa shape index (κ3) is 4.50. The number of alkyl halides is 3. The molecule has 0 saturated heterocycles. The predicted molar refractivity (Wildman–Crippen MR) is 95.2 cm³/mol. The van der Waals surface area contributed by atoms with Crippen molar-refractivity contribution in [2.75, 3.05) is 10.6 Å². The number of hydrogen-bond donors (Lipinski definition) is 2. The van der Waals surface area contributed by atoms with Crippen molar-refractivity contribution in [1.82, 2.24) is 9.97 Å². The van der Waals surface area contributed by atoms with Gasteiger partial charge in [-0.3, -0.25) is 0 Å². The van der Waals surface area contributed by atoms with E-state index in [-0.39, 0.29) is 6.04 Å². The van der Waals surface area contributed by atoms with Crippen LogP contribution in [0.15, 0.2) is 66.9 Å². The van der Waals surface area contributed by atoms with E-state index in [1.54, 1.807) is 12.3 Å². The van der Waals surface area contributed by atoms with E-state index in [0.717, 1.165) is 17.7 Å². The first-order valence-electron chi connectivity index (χ1n) is 8.00. The molecule has 1 heterocycles. The summed E-state index contributed by atoms with van der Waals surface area (Å²) < 4.78 is 37.8. The Kier molecular flexibility index (Phi) is 5.06.